The summed E-state index contributed by atoms with van der Waals surface area (Å²) in [7, 11) is -0.115. The summed E-state index contributed by atoms with van der Waals surface area (Å²) in [6.07, 6.45) is 5.30. The van der Waals surface area contributed by atoms with Crippen LogP contribution in [0.15, 0.2) is 0 Å². The third-order valence-corrected chi connectivity index (χ3v) is 7.51. The van der Waals surface area contributed by atoms with Gasteiger partial charge < -0.3 is 0 Å². The Bertz CT molecular complexity index is 123. The second-order valence-electron chi connectivity index (χ2n) is 4.19. The Morgan fingerprint density at radius 2 is 1.80 bits per heavy atom. The van der Waals surface area contributed by atoms with Crippen molar-refractivity contribution in [1.29, 1.82) is 0 Å². The molecule has 0 aromatic rings. The molecule has 1 fully saturated rings. The standard InChI is InChI=1S/C9H20S/c1-5-6-9(2,3)10(4)7-8-10/h5-8H2,1-4H3. The van der Waals surface area contributed by atoms with Crippen LogP contribution in [0.1, 0.15) is 33.6 Å². The summed E-state index contributed by atoms with van der Waals surface area (Å²) < 4.78 is 0.682. The molecule has 0 N–H and O–H groups in total. The quantitative estimate of drug-likeness (QED) is 0.557. The third kappa shape index (κ3) is 1.34. The maximum Gasteiger partial charge on any atom is -0.00559 e. The first kappa shape index (κ1) is 8.45. The molecule has 62 valence electrons. The van der Waals surface area contributed by atoms with Crippen LogP contribution in [-0.2, 0) is 0 Å². The summed E-state index contributed by atoms with van der Waals surface area (Å²) in [4.78, 5) is 0. The third-order valence-electron chi connectivity index (χ3n) is 3.00. The van der Waals surface area contributed by atoms with Crippen LogP contribution in [0.4, 0.5) is 0 Å². The molecule has 1 saturated heterocycles. The van der Waals surface area contributed by atoms with Gasteiger partial charge in [0.05, 0.1) is 0 Å². The Labute approximate surface area is 66.7 Å². The van der Waals surface area contributed by atoms with Crippen molar-refractivity contribution in [3.63, 3.8) is 0 Å². The zero-order chi connectivity index (χ0) is 7.83. The van der Waals surface area contributed by atoms with Crippen LogP contribution in [0.3, 0.4) is 0 Å². The molecule has 0 radical (unpaired) electrons. The first-order chi connectivity index (χ1) is 4.52. The summed E-state index contributed by atoms with van der Waals surface area (Å²) in [5.74, 6) is 3.08. The van der Waals surface area contributed by atoms with Crippen LogP contribution in [0.25, 0.3) is 0 Å². The van der Waals surface area contributed by atoms with Gasteiger partial charge in [0, 0.05) is 0 Å². The predicted molar refractivity (Wildman–Crippen MR) is 52.2 cm³/mol. The van der Waals surface area contributed by atoms with E-state index in [0.717, 1.165) is 0 Å². The molecule has 0 aliphatic carbocycles. The fourth-order valence-corrected chi connectivity index (χ4v) is 4.33. The van der Waals surface area contributed by atoms with E-state index >= 15 is 0 Å². The Kier molecular flexibility index (Phi) is 2.06. The van der Waals surface area contributed by atoms with Crippen molar-refractivity contribution < 1.29 is 0 Å². The summed E-state index contributed by atoms with van der Waals surface area (Å²) in [5.41, 5.74) is 0. The van der Waals surface area contributed by atoms with Crippen LogP contribution in [0.2, 0.25) is 0 Å². The molecule has 0 aromatic carbocycles. The lowest BCUT2D eigenvalue weighted by Crippen LogP contribution is -2.20. The topological polar surface area (TPSA) is 0 Å². The first-order valence-electron chi connectivity index (χ1n) is 4.25. The largest absolute Gasteiger partial charge is 0.237 e. The van der Waals surface area contributed by atoms with Gasteiger partial charge in [0.25, 0.3) is 0 Å². The smallest absolute Gasteiger partial charge is 0.00559 e. The van der Waals surface area contributed by atoms with Crippen molar-refractivity contribution in [3.8, 4) is 0 Å². The summed E-state index contributed by atoms with van der Waals surface area (Å²) >= 11 is 0. The van der Waals surface area contributed by atoms with E-state index in [2.05, 4.69) is 27.0 Å². The fourth-order valence-electron chi connectivity index (χ4n) is 1.53. The normalized spacial score (nSPS) is 26.0. The molecule has 1 aliphatic rings. The molecule has 1 rings (SSSR count). The minimum atomic E-state index is -0.115. The molecule has 0 saturated carbocycles. The zero-order valence-electron chi connectivity index (χ0n) is 7.74. The number of hydrogen-bond acceptors (Lipinski definition) is 0. The van der Waals surface area contributed by atoms with Gasteiger partial charge in [0.2, 0.25) is 0 Å². The Hall–Kier alpha value is 0.350. The minimum Gasteiger partial charge on any atom is -0.237 e. The van der Waals surface area contributed by atoms with Crippen molar-refractivity contribution >= 4 is 10.0 Å². The van der Waals surface area contributed by atoms with Gasteiger partial charge in [-0.3, -0.25) is 0 Å². The van der Waals surface area contributed by atoms with Gasteiger partial charge in [-0.15, -0.1) is 0 Å². The van der Waals surface area contributed by atoms with E-state index in [4.69, 9.17) is 0 Å². The lowest BCUT2D eigenvalue weighted by molar-refractivity contribution is 0.622. The summed E-state index contributed by atoms with van der Waals surface area (Å²) in [6.45, 7) is 7.21. The van der Waals surface area contributed by atoms with E-state index in [9.17, 15) is 0 Å². The molecule has 1 heterocycles. The molecule has 1 heteroatoms. The first-order valence-corrected chi connectivity index (χ1v) is 6.63. The van der Waals surface area contributed by atoms with E-state index < -0.39 is 0 Å². The van der Waals surface area contributed by atoms with E-state index in [1.165, 1.54) is 12.8 Å². The Morgan fingerprint density at radius 3 is 2.10 bits per heavy atom. The molecule has 0 unspecified atom stereocenters. The lowest BCUT2D eigenvalue weighted by atomic mass is 10.1. The van der Waals surface area contributed by atoms with Gasteiger partial charge in [-0.25, -0.2) is 10.0 Å². The maximum atomic E-state index is 2.52. The highest BCUT2D eigenvalue weighted by Gasteiger charge is 2.44. The van der Waals surface area contributed by atoms with Gasteiger partial charge in [0.15, 0.2) is 0 Å². The second kappa shape index (κ2) is 2.44. The number of hydrogen-bond donors (Lipinski definition) is 0. The summed E-state index contributed by atoms with van der Waals surface area (Å²) in [6, 6.07) is 0. The van der Waals surface area contributed by atoms with Crippen molar-refractivity contribution in [2.24, 2.45) is 0 Å². The number of rotatable bonds is 3. The average Bonchev–Trinajstić information content (AvgIpc) is 2.49. The SMILES string of the molecule is CCCC(C)(C)S1(C)CC1. The highest BCUT2D eigenvalue weighted by molar-refractivity contribution is 8.39. The molecule has 0 amide bonds. The van der Waals surface area contributed by atoms with Crippen LogP contribution in [0.5, 0.6) is 0 Å². The van der Waals surface area contributed by atoms with Crippen molar-refractivity contribution in [1.82, 2.24) is 0 Å². The van der Waals surface area contributed by atoms with Crippen molar-refractivity contribution in [2.45, 2.75) is 38.4 Å². The molecule has 0 aromatic heterocycles. The van der Waals surface area contributed by atoms with Crippen LogP contribution < -0.4 is 0 Å². The Morgan fingerprint density at radius 1 is 1.30 bits per heavy atom. The van der Waals surface area contributed by atoms with E-state index in [0.29, 0.717) is 4.75 Å². The predicted octanol–water partition coefficient (Wildman–Crippen LogP) is 3.01. The van der Waals surface area contributed by atoms with Crippen molar-refractivity contribution in [2.75, 3.05) is 17.8 Å². The van der Waals surface area contributed by atoms with Crippen molar-refractivity contribution in [3.05, 3.63) is 0 Å². The highest BCUT2D eigenvalue weighted by atomic mass is 32.3. The van der Waals surface area contributed by atoms with E-state index in [1.807, 2.05) is 0 Å². The lowest BCUT2D eigenvalue weighted by Gasteiger charge is -2.35. The zero-order valence-corrected chi connectivity index (χ0v) is 8.55. The van der Waals surface area contributed by atoms with Gasteiger partial charge in [-0.05, 0) is 28.9 Å². The van der Waals surface area contributed by atoms with Gasteiger partial charge in [-0.1, -0.05) is 27.2 Å². The van der Waals surface area contributed by atoms with Crippen LogP contribution in [-0.4, -0.2) is 22.5 Å². The molecule has 0 bridgehead atoms. The van der Waals surface area contributed by atoms with Crippen LogP contribution >= 0.6 is 10.0 Å². The Balaban J connectivity index is 2.50. The molecule has 0 atom stereocenters. The minimum absolute atomic E-state index is 0.115. The average molecular weight is 160 g/mol. The monoisotopic (exact) mass is 160 g/mol. The molecular formula is C9H20S. The van der Waals surface area contributed by atoms with Crippen LogP contribution in [0, 0.1) is 0 Å². The van der Waals surface area contributed by atoms with Gasteiger partial charge in [0.1, 0.15) is 0 Å². The maximum absolute atomic E-state index is 2.52. The molecule has 0 nitrogen and oxygen atoms in total. The van der Waals surface area contributed by atoms with E-state index in [-0.39, 0.29) is 10.0 Å². The highest BCUT2D eigenvalue weighted by Crippen LogP contribution is 2.68. The second-order valence-corrected chi connectivity index (χ2v) is 8.66. The molecular weight excluding hydrogens is 140 g/mol. The fraction of sp³-hybridized carbons (Fsp3) is 1.00. The van der Waals surface area contributed by atoms with E-state index in [1.54, 1.807) is 11.5 Å². The summed E-state index contributed by atoms with van der Waals surface area (Å²) in [5, 5.41) is 0. The van der Waals surface area contributed by atoms with Gasteiger partial charge >= 0.3 is 0 Å². The molecule has 10 heavy (non-hydrogen) atoms. The van der Waals surface area contributed by atoms with Gasteiger partial charge in [-0.2, -0.15) is 0 Å². The molecule has 0 spiro atoms. The molecule has 1 aliphatic heterocycles.